The number of furan rings is 1. The molecule has 158 valence electrons. The first kappa shape index (κ1) is 19.6. The van der Waals surface area contributed by atoms with Crippen LogP contribution < -0.4 is 10.6 Å². The summed E-state index contributed by atoms with van der Waals surface area (Å²) in [6.07, 6.45) is 2.20. The molecule has 0 amide bonds. The summed E-state index contributed by atoms with van der Waals surface area (Å²) >= 11 is 0. The third-order valence-corrected chi connectivity index (χ3v) is 6.08. The monoisotopic (exact) mass is 412 g/mol. The van der Waals surface area contributed by atoms with Crippen molar-refractivity contribution in [2.24, 2.45) is 9.98 Å². The molecule has 0 saturated carbocycles. The van der Waals surface area contributed by atoms with Crippen LogP contribution in [0.1, 0.15) is 35.1 Å². The molecule has 5 rings (SSSR count). The van der Waals surface area contributed by atoms with Crippen LogP contribution in [0.4, 0.5) is 0 Å². The lowest BCUT2D eigenvalue weighted by Crippen LogP contribution is -2.30. The van der Waals surface area contributed by atoms with Crippen molar-refractivity contribution in [3.8, 4) is 22.6 Å². The van der Waals surface area contributed by atoms with Gasteiger partial charge >= 0.3 is 0 Å². The zero-order valence-electron chi connectivity index (χ0n) is 18.2. The molecule has 2 aliphatic rings. The first-order valence-corrected chi connectivity index (χ1v) is 11.1. The predicted molar refractivity (Wildman–Crippen MR) is 127 cm³/mol. The fourth-order valence-electron chi connectivity index (χ4n) is 4.16. The van der Waals surface area contributed by atoms with Crippen molar-refractivity contribution in [2.75, 3.05) is 26.2 Å². The second-order valence-corrected chi connectivity index (χ2v) is 8.19. The average Bonchev–Trinajstić information content (AvgIpc) is 3.15. The van der Waals surface area contributed by atoms with Gasteiger partial charge in [-0.05, 0) is 37.8 Å². The van der Waals surface area contributed by atoms with Crippen LogP contribution in [-0.2, 0) is 0 Å². The van der Waals surface area contributed by atoms with Gasteiger partial charge in [0.1, 0.15) is 23.2 Å². The van der Waals surface area contributed by atoms with Crippen molar-refractivity contribution in [3.05, 3.63) is 70.8 Å². The van der Waals surface area contributed by atoms with Crippen molar-refractivity contribution in [2.45, 2.75) is 26.7 Å². The molecule has 5 nitrogen and oxygen atoms in total. The molecule has 1 aromatic heterocycles. The minimum absolute atomic E-state index is 0.895. The Balaban J connectivity index is 1.42. The van der Waals surface area contributed by atoms with Crippen LogP contribution >= 0.6 is 0 Å². The summed E-state index contributed by atoms with van der Waals surface area (Å²) in [6.45, 7) is 8.03. The van der Waals surface area contributed by atoms with E-state index in [2.05, 4.69) is 83.0 Å². The second-order valence-electron chi connectivity index (χ2n) is 8.19. The Kier molecular flexibility index (Phi) is 5.33. The molecule has 3 aromatic rings. The second kappa shape index (κ2) is 8.42. The van der Waals surface area contributed by atoms with Gasteiger partial charge in [0, 0.05) is 48.4 Å². The summed E-state index contributed by atoms with van der Waals surface area (Å²) in [6, 6.07) is 17.0. The Morgan fingerprint density at radius 1 is 0.613 bits per heavy atom. The maximum Gasteiger partial charge on any atom is 0.137 e. The molecular weight excluding hydrogens is 384 g/mol. The predicted octanol–water partition coefficient (Wildman–Crippen LogP) is 4.71. The number of hydrogen-bond acceptors (Lipinski definition) is 5. The molecule has 0 fully saturated rings. The lowest BCUT2D eigenvalue weighted by molar-refractivity contribution is 0.594. The Hall–Kier alpha value is -3.34. The highest BCUT2D eigenvalue weighted by Crippen LogP contribution is 2.36. The molecule has 2 aromatic carbocycles. The minimum Gasteiger partial charge on any atom is -0.456 e. The summed E-state index contributed by atoms with van der Waals surface area (Å²) in [5, 5.41) is 6.77. The van der Waals surface area contributed by atoms with E-state index in [0.717, 1.165) is 84.5 Å². The molecule has 3 heterocycles. The van der Waals surface area contributed by atoms with Gasteiger partial charge in [-0.2, -0.15) is 0 Å². The number of nitrogens with zero attached hydrogens (tertiary/aromatic N) is 2. The zero-order chi connectivity index (χ0) is 21.2. The van der Waals surface area contributed by atoms with Crippen LogP contribution in [0, 0.1) is 13.8 Å². The van der Waals surface area contributed by atoms with Gasteiger partial charge in [0.15, 0.2) is 0 Å². The largest absolute Gasteiger partial charge is 0.456 e. The van der Waals surface area contributed by atoms with Crippen LogP contribution in [0.5, 0.6) is 0 Å². The average molecular weight is 413 g/mol. The summed E-state index contributed by atoms with van der Waals surface area (Å²) in [7, 11) is 0. The lowest BCUT2D eigenvalue weighted by Gasteiger charge is -2.14. The quantitative estimate of drug-likeness (QED) is 0.652. The van der Waals surface area contributed by atoms with E-state index < -0.39 is 0 Å². The molecule has 0 saturated heterocycles. The van der Waals surface area contributed by atoms with Gasteiger partial charge in [-0.25, -0.2) is 0 Å². The summed E-state index contributed by atoms with van der Waals surface area (Å²) in [5.41, 5.74) is 6.78. The highest BCUT2D eigenvalue weighted by Gasteiger charge is 2.18. The van der Waals surface area contributed by atoms with Gasteiger partial charge in [-0.15, -0.1) is 0 Å². The Bertz CT molecular complexity index is 1050. The molecular formula is C26H28N4O. The SMILES string of the molecule is Cc1c(-c2ccc(C3=NCCCN3)cc2)oc(-c2ccc(C3=NCCCN3)cc2)c1C. The fraction of sp³-hybridized carbons (Fsp3) is 0.308. The minimum atomic E-state index is 0.895. The van der Waals surface area contributed by atoms with E-state index in [1.165, 1.54) is 11.1 Å². The van der Waals surface area contributed by atoms with E-state index in [9.17, 15) is 0 Å². The van der Waals surface area contributed by atoms with Crippen molar-refractivity contribution >= 4 is 11.7 Å². The normalized spacial score (nSPS) is 16.2. The Morgan fingerprint density at radius 2 is 1.00 bits per heavy atom. The van der Waals surface area contributed by atoms with Crippen LogP contribution in [0.3, 0.4) is 0 Å². The summed E-state index contributed by atoms with van der Waals surface area (Å²) in [5.74, 6) is 3.84. The van der Waals surface area contributed by atoms with Gasteiger partial charge in [0.05, 0.1) is 0 Å². The lowest BCUT2D eigenvalue weighted by atomic mass is 10.0. The standard InChI is InChI=1S/C26H28N4O/c1-17-18(2)24(20-7-11-22(12-8-20)26-29-15-4-16-30-26)31-23(17)19-5-9-21(10-6-19)25-27-13-3-14-28-25/h5-12H,3-4,13-16H2,1-2H3,(H,27,28)(H,29,30). The maximum atomic E-state index is 6.40. The third-order valence-electron chi connectivity index (χ3n) is 6.08. The third kappa shape index (κ3) is 3.88. The van der Waals surface area contributed by atoms with Gasteiger partial charge < -0.3 is 15.1 Å². The van der Waals surface area contributed by atoms with Crippen LogP contribution in [0.2, 0.25) is 0 Å². The Labute approximate surface area is 183 Å². The van der Waals surface area contributed by atoms with E-state index in [1.807, 2.05) is 0 Å². The van der Waals surface area contributed by atoms with Crippen LogP contribution in [0.15, 0.2) is 62.9 Å². The summed E-state index contributed by atoms with van der Waals surface area (Å²) < 4.78 is 6.40. The molecule has 5 heteroatoms. The molecule has 0 spiro atoms. The number of nitrogens with one attached hydrogen (secondary N) is 2. The van der Waals surface area contributed by atoms with Gasteiger partial charge in [0.2, 0.25) is 0 Å². The highest BCUT2D eigenvalue weighted by atomic mass is 16.3. The summed E-state index contributed by atoms with van der Waals surface area (Å²) in [4.78, 5) is 9.18. The van der Waals surface area contributed by atoms with Crippen LogP contribution in [0.25, 0.3) is 22.6 Å². The van der Waals surface area contributed by atoms with Crippen molar-refractivity contribution in [3.63, 3.8) is 0 Å². The van der Waals surface area contributed by atoms with Crippen molar-refractivity contribution in [1.29, 1.82) is 0 Å². The van der Waals surface area contributed by atoms with E-state index in [0.29, 0.717) is 0 Å². The molecule has 31 heavy (non-hydrogen) atoms. The fourth-order valence-corrected chi connectivity index (χ4v) is 4.16. The van der Waals surface area contributed by atoms with Gasteiger partial charge in [-0.3, -0.25) is 9.98 Å². The van der Waals surface area contributed by atoms with Crippen molar-refractivity contribution in [1.82, 2.24) is 10.6 Å². The molecule has 0 bridgehead atoms. The van der Waals surface area contributed by atoms with Crippen LogP contribution in [-0.4, -0.2) is 37.9 Å². The Morgan fingerprint density at radius 3 is 1.35 bits per heavy atom. The zero-order valence-corrected chi connectivity index (χ0v) is 18.2. The molecule has 2 aliphatic heterocycles. The van der Waals surface area contributed by atoms with E-state index in [4.69, 9.17) is 4.42 Å². The topological polar surface area (TPSA) is 61.9 Å². The number of rotatable bonds is 4. The first-order chi connectivity index (χ1) is 15.2. The smallest absolute Gasteiger partial charge is 0.137 e. The number of hydrogen-bond donors (Lipinski definition) is 2. The molecule has 0 radical (unpaired) electrons. The van der Waals surface area contributed by atoms with Crippen molar-refractivity contribution < 1.29 is 4.42 Å². The number of amidine groups is 2. The number of aliphatic imine (C=N–C) groups is 2. The highest BCUT2D eigenvalue weighted by molar-refractivity contribution is 6.00. The van der Waals surface area contributed by atoms with E-state index in [-0.39, 0.29) is 0 Å². The van der Waals surface area contributed by atoms with E-state index in [1.54, 1.807) is 0 Å². The van der Waals surface area contributed by atoms with E-state index >= 15 is 0 Å². The molecule has 0 unspecified atom stereocenters. The molecule has 0 atom stereocenters. The van der Waals surface area contributed by atoms with Gasteiger partial charge in [0.25, 0.3) is 0 Å². The maximum absolute atomic E-state index is 6.40. The number of benzene rings is 2. The molecule has 0 aliphatic carbocycles. The first-order valence-electron chi connectivity index (χ1n) is 11.1. The molecule has 2 N–H and O–H groups in total. The van der Waals surface area contributed by atoms with Gasteiger partial charge in [-0.1, -0.05) is 48.5 Å².